The highest BCUT2D eigenvalue weighted by Crippen LogP contribution is 2.10. The molecule has 1 aromatic heterocycles. The number of amides is 1. The monoisotopic (exact) mass is 292 g/mol. The molecular formula is C14H24N6O. The molecule has 1 aliphatic heterocycles. The summed E-state index contributed by atoms with van der Waals surface area (Å²) in [5, 5.41) is 13.4. The van der Waals surface area contributed by atoms with Crippen LogP contribution in [0.1, 0.15) is 32.4 Å². The number of hydrogen-bond donors (Lipinski definition) is 3. The van der Waals surface area contributed by atoms with Crippen LogP contribution in [0.3, 0.4) is 0 Å². The van der Waals surface area contributed by atoms with Crippen molar-refractivity contribution in [1.82, 2.24) is 25.7 Å². The number of nitrogens with one attached hydrogen (secondary N) is 3. The molecule has 0 aliphatic carbocycles. The lowest BCUT2D eigenvalue weighted by atomic mass is 10.3. The Morgan fingerprint density at radius 2 is 2.43 bits per heavy atom. The molecule has 0 aromatic carbocycles. The quantitative estimate of drug-likeness (QED) is 0.544. The summed E-state index contributed by atoms with van der Waals surface area (Å²) < 4.78 is 0. The van der Waals surface area contributed by atoms with Crippen LogP contribution in [0.5, 0.6) is 0 Å². The molecule has 3 N–H and O–H groups in total. The molecule has 116 valence electrons. The van der Waals surface area contributed by atoms with Crippen molar-refractivity contribution >= 4 is 11.9 Å². The highest BCUT2D eigenvalue weighted by atomic mass is 16.2. The fourth-order valence-electron chi connectivity index (χ4n) is 2.38. The smallest absolute Gasteiger partial charge is 0.222 e. The Bertz CT molecular complexity index is 470. The van der Waals surface area contributed by atoms with Crippen molar-refractivity contribution in [2.75, 3.05) is 19.6 Å². The second-order valence-electron chi connectivity index (χ2n) is 5.10. The van der Waals surface area contributed by atoms with Crippen LogP contribution in [0.2, 0.25) is 0 Å². The molecule has 1 fully saturated rings. The van der Waals surface area contributed by atoms with Crippen molar-refractivity contribution in [2.24, 2.45) is 4.99 Å². The van der Waals surface area contributed by atoms with Crippen LogP contribution in [-0.2, 0) is 11.3 Å². The van der Waals surface area contributed by atoms with Crippen LogP contribution in [0, 0.1) is 0 Å². The summed E-state index contributed by atoms with van der Waals surface area (Å²) in [7, 11) is 0. The molecule has 1 unspecified atom stereocenters. The molecule has 0 saturated carbocycles. The van der Waals surface area contributed by atoms with Gasteiger partial charge in [-0.15, -0.1) is 0 Å². The zero-order valence-electron chi connectivity index (χ0n) is 12.7. The van der Waals surface area contributed by atoms with Gasteiger partial charge in [-0.3, -0.25) is 9.89 Å². The lowest BCUT2D eigenvalue weighted by Gasteiger charge is -2.18. The van der Waals surface area contributed by atoms with Crippen molar-refractivity contribution in [3.05, 3.63) is 18.0 Å². The van der Waals surface area contributed by atoms with Crippen LogP contribution in [0.4, 0.5) is 0 Å². The Morgan fingerprint density at radius 3 is 3.10 bits per heavy atom. The summed E-state index contributed by atoms with van der Waals surface area (Å²) in [5.74, 6) is 1.00. The molecule has 2 rings (SSSR count). The fraction of sp³-hybridized carbons (Fsp3) is 0.643. The van der Waals surface area contributed by atoms with Crippen molar-refractivity contribution < 1.29 is 4.79 Å². The minimum absolute atomic E-state index is 0.221. The normalized spacial score (nSPS) is 18.9. The molecule has 1 aliphatic rings. The number of rotatable bonds is 5. The molecule has 21 heavy (non-hydrogen) atoms. The molecule has 0 radical (unpaired) electrons. The number of aliphatic imine (C=N–C) groups is 1. The minimum atomic E-state index is 0.221. The van der Waals surface area contributed by atoms with Gasteiger partial charge in [0.15, 0.2) is 5.96 Å². The zero-order valence-corrected chi connectivity index (χ0v) is 12.7. The number of hydrogen-bond acceptors (Lipinski definition) is 3. The third-order valence-corrected chi connectivity index (χ3v) is 3.49. The first-order valence-corrected chi connectivity index (χ1v) is 7.53. The van der Waals surface area contributed by atoms with Gasteiger partial charge in [0.1, 0.15) is 0 Å². The summed E-state index contributed by atoms with van der Waals surface area (Å²) in [4.78, 5) is 18.1. The topological polar surface area (TPSA) is 85.4 Å². The van der Waals surface area contributed by atoms with Crippen LogP contribution < -0.4 is 10.6 Å². The maximum atomic E-state index is 11.7. The Hall–Kier alpha value is -2.05. The number of aromatic amines is 1. The van der Waals surface area contributed by atoms with Gasteiger partial charge in [-0.1, -0.05) is 6.92 Å². The molecule has 7 nitrogen and oxygen atoms in total. The number of aromatic nitrogens is 2. The maximum Gasteiger partial charge on any atom is 0.222 e. The van der Waals surface area contributed by atoms with Gasteiger partial charge >= 0.3 is 0 Å². The van der Waals surface area contributed by atoms with Crippen LogP contribution in [-0.4, -0.2) is 52.6 Å². The van der Waals surface area contributed by atoms with Crippen molar-refractivity contribution in [3.63, 3.8) is 0 Å². The summed E-state index contributed by atoms with van der Waals surface area (Å²) in [6, 6.07) is 2.17. The number of carbonyl (C=O) groups is 1. The zero-order chi connectivity index (χ0) is 15.1. The van der Waals surface area contributed by atoms with E-state index < -0.39 is 0 Å². The van der Waals surface area contributed by atoms with Crippen molar-refractivity contribution in [2.45, 2.75) is 39.3 Å². The Morgan fingerprint density at radius 1 is 1.57 bits per heavy atom. The predicted octanol–water partition coefficient (Wildman–Crippen LogP) is 0.476. The van der Waals surface area contributed by atoms with E-state index >= 15 is 0 Å². The Labute approximate surface area is 125 Å². The highest BCUT2D eigenvalue weighted by molar-refractivity contribution is 5.80. The average molecular weight is 292 g/mol. The first-order chi connectivity index (χ1) is 10.2. The number of likely N-dealkylation sites (tertiary alicyclic amines) is 1. The van der Waals surface area contributed by atoms with E-state index in [0.29, 0.717) is 13.0 Å². The average Bonchev–Trinajstić information content (AvgIpc) is 3.15. The van der Waals surface area contributed by atoms with Gasteiger partial charge in [0.05, 0.1) is 12.2 Å². The lowest BCUT2D eigenvalue weighted by molar-refractivity contribution is -0.129. The Kier molecular flexibility index (Phi) is 5.59. The third-order valence-electron chi connectivity index (χ3n) is 3.49. The van der Waals surface area contributed by atoms with E-state index in [1.807, 2.05) is 24.8 Å². The fourth-order valence-corrected chi connectivity index (χ4v) is 2.38. The molecule has 7 heteroatoms. The molecule has 2 heterocycles. The highest BCUT2D eigenvalue weighted by Gasteiger charge is 2.25. The SMILES string of the molecule is CCNC(=NCc1ccn[nH]1)NC1CCN(C(=O)CC)C1. The van der Waals surface area contributed by atoms with Gasteiger partial charge in [0.2, 0.25) is 5.91 Å². The number of guanidine groups is 1. The van der Waals surface area contributed by atoms with Crippen molar-refractivity contribution in [3.8, 4) is 0 Å². The molecule has 1 atom stereocenters. The Balaban J connectivity index is 1.88. The molecule has 1 saturated heterocycles. The number of H-pyrrole nitrogens is 1. The van der Waals surface area contributed by atoms with E-state index in [0.717, 1.165) is 37.7 Å². The predicted molar refractivity (Wildman–Crippen MR) is 81.8 cm³/mol. The van der Waals surface area contributed by atoms with Gasteiger partial charge in [-0.05, 0) is 19.4 Å². The second kappa shape index (κ2) is 7.66. The van der Waals surface area contributed by atoms with E-state index in [9.17, 15) is 4.79 Å². The first kappa shape index (κ1) is 15.3. The van der Waals surface area contributed by atoms with Gasteiger partial charge in [0, 0.05) is 38.3 Å². The second-order valence-corrected chi connectivity index (χ2v) is 5.10. The number of carbonyl (C=O) groups excluding carboxylic acids is 1. The third kappa shape index (κ3) is 4.47. The van der Waals surface area contributed by atoms with Gasteiger partial charge < -0.3 is 15.5 Å². The molecule has 0 spiro atoms. The van der Waals surface area contributed by atoms with Gasteiger partial charge in [0.25, 0.3) is 0 Å². The van der Waals surface area contributed by atoms with E-state index in [4.69, 9.17) is 0 Å². The largest absolute Gasteiger partial charge is 0.357 e. The van der Waals surface area contributed by atoms with E-state index in [2.05, 4.69) is 25.8 Å². The van der Waals surface area contributed by atoms with E-state index in [1.54, 1.807) is 6.20 Å². The summed E-state index contributed by atoms with van der Waals surface area (Å²) >= 11 is 0. The molecular weight excluding hydrogens is 268 g/mol. The van der Waals surface area contributed by atoms with Gasteiger partial charge in [-0.25, -0.2) is 4.99 Å². The molecule has 1 aromatic rings. The maximum absolute atomic E-state index is 11.7. The number of nitrogens with zero attached hydrogens (tertiary/aromatic N) is 3. The van der Waals surface area contributed by atoms with E-state index in [-0.39, 0.29) is 11.9 Å². The minimum Gasteiger partial charge on any atom is -0.357 e. The standard InChI is InChI=1S/C14H24N6O/c1-3-13(21)20-8-6-12(10-20)18-14(15-4-2)16-9-11-5-7-17-19-11/h5,7,12H,3-4,6,8-10H2,1-2H3,(H,17,19)(H2,15,16,18). The first-order valence-electron chi connectivity index (χ1n) is 7.53. The van der Waals surface area contributed by atoms with Crippen molar-refractivity contribution in [1.29, 1.82) is 0 Å². The van der Waals surface area contributed by atoms with Crippen LogP contribution in [0.25, 0.3) is 0 Å². The summed E-state index contributed by atoms with van der Waals surface area (Å²) in [5.41, 5.74) is 0.974. The molecule has 0 bridgehead atoms. The van der Waals surface area contributed by atoms with Crippen LogP contribution in [0.15, 0.2) is 17.3 Å². The summed E-state index contributed by atoms with van der Waals surface area (Å²) in [6.45, 7) is 6.87. The lowest BCUT2D eigenvalue weighted by Crippen LogP contribution is -2.45. The van der Waals surface area contributed by atoms with Crippen LogP contribution >= 0.6 is 0 Å². The summed E-state index contributed by atoms with van der Waals surface area (Å²) in [6.07, 6.45) is 3.25. The van der Waals surface area contributed by atoms with Gasteiger partial charge in [-0.2, -0.15) is 5.10 Å². The van der Waals surface area contributed by atoms with E-state index in [1.165, 1.54) is 0 Å². The molecule has 1 amide bonds.